The van der Waals surface area contributed by atoms with Crippen molar-refractivity contribution in [3.63, 3.8) is 0 Å². The van der Waals surface area contributed by atoms with Crippen LogP contribution in [-0.2, 0) is 4.74 Å². The number of carbonyl (C=O) groups is 1. The van der Waals surface area contributed by atoms with Gasteiger partial charge < -0.3 is 19.3 Å². The molecule has 1 aromatic heterocycles. The lowest BCUT2D eigenvalue weighted by Crippen LogP contribution is -2.26. The van der Waals surface area contributed by atoms with Gasteiger partial charge in [-0.2, -0.15) is 0 Å². The number of esters is 1. The molecule has 7 heteroatoms. The summed E-state index contributed by atoms with van der Waals surface area (Å²) in [4.78, 5) is 24.5. The number of pyridine rings is 1. The number of nitrogens with zero attached hydrogens (tertiary/aromatic N) is 1. The summed E-state index contributed by atoms with van der Waals surface area (Å²) in [6, 6.07) is 5.80. The highest BCUT2D eigenvalue weighted by Gasteiger charge is 2.37. The van der Waals surface area contributed by atoms with Crippen LogP contribution >= 0.6 is 0 Å². The maximum absolute atomic E-state index is 12.3. The molecule has 2 heterocycles. The van der Waals surface area contributed by atoms with Crippen molar-refractivity contribution in [3.05, 3.63) is 51.4 Å². The Morgan fingerprint density at radius 1 is 1.17 bits per heavy atom. The molecule has 0 saturated carbocycles. The third-order valence-corrected chi connectivity index (χ3v) is 3.75. The molecule has 1 aliphatic heterocycles. The molecule has 1 atom stereocenters. The number of cyclic esters (lactones) is 1. The predicted molar refractivity (Wildman–Crippen MR) is 80.2 cm³/mol. The third-order valence-electron chi connectivity index (χ3n) is 3.75. The zero-order chi connectivity index (χ0) is 16.7. The number of ether oxygens (including phenoxy) is 3. The number of benzene rings is 1. The molecule has 3 rings (SSSR count). The summed E-state index contributed by atoms with van der Waals surface area (Å²) in [6.07, 6.45) is -0.912. The first-order valence-corrected chi connectivity index (χ1v) is 6.86. The van der Waals surface area contributed by atoms with Gasteiger partial charge in [-0.05, 0) is 25.1 Å². The standard InChI is InChI=1S/C16H15NO6/c1-8-6-9(18)7-12(19)17(8)15-10-4-5-11(21-2)14(22-3)13(10)16(20)23-15/h4-7,15,18H,1-3H3/t15-/m0/s1. The molecular weight excluding hydrogens is 302 g/mol. The van der Waals surface area contributed by atoms with Gasteiger partial charge in [-0.15, -0.1) is 0 Å². The number of aromatic hydroxyl groups is 1. The summed E-state index contributed by atoms with van der Waals surface area (Å²) in [5, 5.41) is 9.50. The fourth-order valence-electron chi connectivity index (χ4n) is 2.77. The molecule has 0 amide bonds. The van der Waals surface area contributed by atoms with Gasteiger partial charge in [0.25, 0.3) is 5.56 Å². The number of carbonyl (C=O) groups excluding carboxylic acids is 1. The molecule has 120 valence electrons. The molecule has 1 aromatic carbocycles. The fourth-order valence-corrected chi connectivity index (χ4v) is 2.77. The summed E-state index contributed by atoms with van der Waals surface area (Å²) in [5.41, 5.74) is 0.734. The Morgan fingerprint density at radius 2 is 1.91 bits per heavy atom. The van der Waals surface area contributed by atoms with Crippen molar-refractivity contribution in [1.29, 1.82) is 0 Å². The van der Waals surface area contributed by atoms with Crippen molar-refractivity contribution in [3.8, 4) is 17.2 Å². The van der Waals surface area contributed by atoms with Crippen LogP contribution in [-0.4, -0.2) is 29.9 Å². The van der Waals surface area contributed by atoms with Gasteiger partial charge in [-0.25, -0.2) is 4.79 Å². The Balaban J connectivity index is 2.23. The second-order valence-corrected chi connectivity index (χ2v) is 5.09. The van der Waals surface area contributed by atoms with E-state index in [4.69, 9.17) is 14.2 Å². The minimum absolute atomic E-state index is 0.138. The van der Waals surface area contributed by atoms with Crippen LogP contribution < -0.4 is 15.0 Å². The highest BCUT2D eigenvalue weighted by Crippen LogP contribution is 2.42. The van der Waals surface area contributed by atoms with Gasteiger partial charge in [-0.3, -0.25) is 9.36 Å². The first-order valence-electron chi connectivity index (χ1n) is 6.86. The quantitative estimate of drug-likeness (QED) is 0.865. The lowest BCUT2D eigenvalue weighted by Gasteiger charge is -2.17. The van der Waals surface area contributed by atoms with Gasteiger partial charge in [0.15, 0.2) is 11.5 Å². The largest absolute Gasteiger partial charge is 0.508 e. The van der Waals surface area contributed by atoms with E-state index in [0.29, 0.717) is 17.0 Å². The van der Waals surface area contributed by atoms with Gasteiger partial charge in [0.05, 0.1) is 14.2 Å². The van der Waals surface area contributed by atoms with E-state index >= 15 is 0 Å². The van der Waals surface area contributed by atoms with Gasteiger partial charge >= 0.3 is 5.97 Å². The van der Waals surface area contributed by atoms with Crippen LogP contribution in [0.1, 0.15) is 27.8 Å². The molecule has 7 nitrogen and oxygen atoms in total. The first kappa shape index (κ1) is 15.0. The number of aromatic nitrogens is 1. The Labute approximate surface area is 131 Å². The Bertz CT molecular complexity index is 854. The first-order chi connectivity index (χ1) is 11.0. The molecule has 0 unspecified atom stereocenters. The van der Waals surface area contributed by atoms with Crippen LogP contribution in [0.4, 0.5) is 0 Å². The number of fused-ring (bicyclic) bond motifs is 1. The predicted octanol–water partition coefficient (Wildman–Crippen LogP) is 1.60. The number of rotatable bonds is 3. The van der Waals surface area contributed by atoms with E-state index in [1.807, 2.05) is 0 Å². The summed E-state index contributed by atoms with van der Waals surface area (Å²) in [7, 11) is 2.90. The van der Waals surface area contributed by atoms with E-state index in [2.05, 4.69) is 0 Å². The topological polar surface area (TPSA) is 87.0 Å². The van der Waals surface area contributed by atoms with Crippen LogP contribution in [0.2, 0.25) is 0 Å². The average molecular weight is 317 g/mol. The maximum atomic E-state index is 12.3. The summed E-state index contributed by atoms with van der Waals surface area (Å²) in [5.74, 6) is -0.0682. The Hall–Kier alpha value is -2.96. The molecule has 0 fully saturated rings. The monoisotopic (exact) mass is 317 g/mol. The molecule has 0 bridgehead atoms. The zero-order valence-electron chi connectivity index (χ0n) is 12.8. The van der Waals surface area contributed by atoms with Crippen LogP contribution in [0.25, 0.3) is 0 Å². The van der Waals surface area contributed by atoms with Crippen molar-refractivity contribution in [2.24, 2.45) is 0 Å². The summed E-state index contributed by atoms with van der Waals surface area (Å²) >= 11 is 0. The third kappa shape index (κ3) is 2.21. The lowest BCUT2D eigenvalue weighted by atomic mass is 10.1. The second kappa shape index (κ2) is 5.35. The number of methoxy groups -OCH3 is 2. The SMILES string of the molecule is COc1ccc2c(c1OC)C(=O)O[C@@H]2n1c(C)cc(O)cc1=O. The van der Waals surface area contributed by atoms with E-state index in [1.54, 1.807) is 19.1 Å². The van der Waals surface area contributed by atoms with E-state index in [9.17, 15) is 14.7 Å². The molecule has 0 saturated heterocycles. The van der Waals surface area contributed by atoms with Crippen molar-refractivity contribution in [2.75, 3.05) is 14.2 Å². The van der Waals surface area contributed by atoms with Crippen molar-refractivity contribution >= 4 is 5.97 Å². The maximum Gasteiger partial charge on any atom is 0.344 e. The van der Waals surface area contributed by atoms with Gasteiger partial charge in [0.1, 0.15) is 11.3 Å². The van der Waals surface area contributed by atoms with Gasteiger partial charge in [0, 0.05) is 17.3 Å². The molecule has 0 spiro atoms. The van der Waals surface area contributed by atoms with Crippen molar-refractivity contribution in [1.82, 2.24) is 4.57 Å². The number of aryl methyl sites for hydroxylation is 1. The highest BCUT2D eigenvalue weighted by molar-refractivity contribution is 5.98. The minimum Gasteiger partial charge on any atom is -0.508 e. The highest BCUT2D eigenvalue weighted by atomic mass is 16.6. The Morgan fingerprint density at radius 3 is 2.52 bits per heavy atom. The van der Waals surface area contributed by atoms with Crippen LogP contribution in [0.3, 0.4) is 0 Å². The normalized spacial score (nSPS) is 16.0. The number of hydrogen-bond acceptors (Lipinski definition) is 6. The van der Waals surface area contributed by atoms with Gasteiger partial charge in [0.2, 0.25) is 6.23 Å². The molecule has 0 aliphatic carbocycles. The molecule has 2 aromatic rings. The van der Waals surface area contributed by atoms with E-state index in [1.165, 1.54) is 24.9 Å². The summed E-state index contributed by atoms with van der Waals surface area (Å²) in [6.45, 7) is 1.65. The molecule has 0 radical (unpaired) electrons. The Kier molecular flexibility index (Phi) is 3.48. The van der Waals surface area contributed by atoms with E-state index in [-0.39, 0.29) is 17.1 Å². The second-order valence-electron chi connectivity index (χ2n) is 5.09. The minimum atomic E-state index is -0.912. The van der Waals surface area contributed by atoms with Crippen molar-refractivity contribution in [2.45, 2.75) is 13.2 Å². The van der Waals surface area contributed by atoms with Crippen LogP contribution in [0.5, 0.6) is 17.2 Å². The zero-order valence-corrected chi connectivity index (χ0v) is 12.8. The molecule has 1 aliphatic rings. The lowest BCUT2D eigenvalue weighted by molar-refractivity contribution is 0.0307. The van der Waals surface area contributed by atoms with Gasteiger partial charge in [-0.1, -0.05) is 0 Å². The smallest absolute Gasteiger partial charge is 0.344 e. The molecule has 23 heavy (non-hydrogen) atoms. The van der Waals surface area contributed by atoms with E-state index < -0.39 is 17.8 Å². The number of hydrogen-bond donors (Lipinski definition) is 1. The average Bonchev–Trinajstić information content (AvgIpc) is 2.82. The van der Waals surface area contributed by atoms with Crippen LogP contribution in [0, 0.1) is 6.92 Å². The molecular formula is C16H15NO6. The molecule has 1 N–H and O–H groups in total. The summed E-state index contributed by atoms with van der Waals surface area (Å²) < 4.78 is 17.1. The van der Waals surface area contributed by atoms with Crippen LogP contribution in [0.15, 0.2) is 29.1 Å². The fraction of sp³-hybridized carbons (Fsp3) is 0.250. The van der Waals surface area contributed by atoms with E-state index in [0.717, 1.165) is 6.07 Å². The van der Waals surface area contributed by atoms with Crippen molar-refractivity contribution < 1.29 is 24.1 Å².